The van der Waals surface area contributed by atoms with Crippen LogP contribution in [0.4, 0.5) is 9.18 Å². The zero-order valence-electron chi connectivity index (χ0n) is 22.4. The third-order valence-electron chi connectivity index (χ3n) is 5.80. The standard InChI is InChI=1S/C26H38ClFN4O4/c1-10-18-15(5)19-20(23(33)30-18)24(31-22(27)21(19)28)35-16(6)17(29)12-32(14(4)11-13(2)3)25(34)36-26(7,8)9/h10,13-14,16-17H,1,11-12,29H2,2-9H3,(H,30,33)/t14?,16-,17?/m0/s1. The summed E-state index contributed by atoms with van der Waals surface area (Å²) in [5, 5.41) is -0.496. The summed E-state index contributed by atoms with van der Waals surface area (Å²) in [6, 6.07) is -0.819. The van der Waals surface area contributed by atoms with Gasteiger partial charge >= 0.3 is 6.09 Å². The Morgan fingerprint density at radius 1 is 1.28 bits per heavy atom. The number of nitrogens with zero attached hydrogens (tertiary/aromatic N) is 2. The Hall–Kier alpha value is -2.65. The van der Waals surface area contributed by atoms with Crippen molar-refractivity contribution in [3.8, 4) is 5.88 Å². The number of halogens is 2. The number of H-pyrrole nitrogens is 1. The van der Waals surface area contributed by atoms with Crippen LogP contribution in [-0.2, 0) is 4.74 Å². The van der Waals surface area contributed by atoms with Crippen LogP contribution in [-0.4, -0.2) is 51.3 Å². The lowest BCUT2D eigenvalue weighted by Gasteiger charge is -2.35. The van der Waals surface area contributed by atoms with E-state index < -0.39 is 40.4 Å². The van der Waals surface area contributed by atoms with Crippen molar-refractivity contribution in [2.24, 2.45) is 11.7 Å². The Morgan fingerprint density at radius 3 is 2.42 bits per heavy atom. The second kappa shape index (κ2) is 11.6. The molecule has 200 valence electrons. The molecular weight excluding hydrogens is 487 g/mol. The molecule has 36 heavy (non-hydrogen) atoms. The number of rotatable bonds is 9. The third kappa shape index (κ3) is 6.97. The molecule has 0 saturated carbocycles. The monoisotopic (exact) mass is 524 g/mol. The number of amides is 1. The van der Waals surface area contributed by atoms with Crippen LogP contribution in [0.5, 0.6) is 5.88 Å². The second-order valence-corrected chi connectivity index (χ2v) is 10.9. The number of carbonyl (C=O) groups excluding carboxylic acids is 1. The lowest BCUT2D eigenvalue weighted by molar-refractivity contribution is 0.0114. The van der Waals surface area contributed by atoms with E-state index in [0.29, 0.717) is 17.2 Å². The maximum absolute atomic E-state index is 14.9. The zero-order valence-corrected chi connectivity index (χ0v) is 23.1. The minimum absolute atomic E-state index is 0.00496. The second-order valence-electron chi connectivity index (χ2n) is 10.6. The van der Waals surface area contributed by atoms with E-state index in [4.69, 9.17) is 26.8 Å². The van der Waals surface area contributed by atoms with Crippen LogP contribution < -0.4 is 16.0 Å². The summed E-state index contributed by atoms with van der Waals surface area (Å²) < 4.78 is 26.5. The summed E-state index contributed by atoms with van der Waals surface area (Å²) in [6.45, 7) is 18.6. The fourth-order valence-electron chi connectivity index (χ4n) is 3.98. The van der Waals surface area contributed by atoms with Crippen LogP contribution in [0.25, 0.3) is 16.8 Å². The number of aromatic nitrogens is 2. The Balaban J connectivity index is 2.40. The molecule has 3 N–H and O–H groups in total. The summed E-state index contributed by atoms with van der Waals surface area (Å²) in [5.41, 5.74) is 6.01. The number of nitrogens with one attached hydrogen (secondary N) is 1. The van der Waals surface area contributed by atoms with E-state index in [1.807, 2.05) is 6.92 Å². The van der Waals surface area contributed by atoms with Crippen LogP contribution in [0.3, 0.4) is 0 Å². The number of nitrogens with two attached hydrogens (primary N) is 1. The summed E-state index contributed by atoms with van der Waals surface area (Å²) >= 11 is 6.05. The number of carbonyl (C=O) groups is 1. The van der Waals surface area contributed by atoms with Crippen LogP contribution in [0.2, 0.25) is 5.15 Å². The van der Waals surface area contributed by atoms with Crippen molar-refractivity contribution in [2.45, 2.75) is 85.6 Å². The molecule has 10 heteroatoms. The van der Waals surface area contributed by atoms with E-state index >= 15 is 0 Å². The van der Waals surface area contributed by atoms with Gasteiger partial charge in [-0.2, -0.15) is 4.98 Å². The highest BCUT2D eigenvalue weighted by molar-refractivity contribution is 6.30. The van der Waals surface area contributed by atoms with Gasteiger partial charge in [0.1, 0.15) is 17.1 Å². The van der Waals surface area contributed by atoms with Crippen LogP contribution in [0, 0.1) is 18.7 Å². The van der Waals surface area contributed by atoms with Crippen molar-refractivity contribution in [3.63, 3.8) is 0 Å². The molecule has 3 atom stereocenters. The minimum Gasteiger partial charge on any atom is -0.472 e. The highest BCUT2D eigenvalue weighted by Gasteiger charge is 2.31. The number of aromatic amines is 1. The molecule has 2 rings (SSSR count). The first-order valence-electron chi connectivity index (χ1n) is 12.0. The van der Waals surface area contributed by atoms with Gasteiger partial charge in [-0.15, -0.1) is 0 Å². The first-order chi connectivity index (χ1) is 16.6. The summed E-state index contributed by atoms with van der Waals surface area (Å²) in [7, 11) is 0. The molecule has 0 aliphatic carbocycles. The molecule has 2 unspecified atom stereocenters. The molecular formula is C26H38ClFN4O4. The molecule has 0 fully saturated rings. The molecule has 0 saturated heterocycles. The van der Waals surface area contributed by atoms with Gasteiger partial charge in [-0.1, -0.05) is 32.0 Å². The number of aryl methyl sites for hydroxylation is 1. The SMILES string of the molecule is C=Cc1[nH]c(=O)c2c(O[C@@H](C)C(N)CN(C(=O)OC(C)(C)C)C(C)CC(C)C)nc(Cl)c(F)c2c1C. The largest absolute Gasteiger partial charge is 0.472 e. The normalized spacial score (nSPS) is 14.4. The Kier molecular flexibility index (Phi) is 9.53. The van der Waals surface area contributed by atoms with Gasteiger partial charge < -0.3 is 25.1 Å². The molecule has 0 bridgehead atoms. The van der Waals surface area contributed by atoms with Crippen molar-refractivity contribution in [1.82, 2.24) is 14.9 Å². The molecule has 2 aromatic heterocycles. The number of pyridine rings is 2. The third-order valence-corrected chi connectivity index (χ3v) is 6.05. The van der Waals surface area contributed by atoms with E-state index in [2.05, 4.69) is 30.4 Å². The van der Waals surface area contributed by atoms with Crippen molar-refractivity contribution in [2.75, 3.05) is 6.54 Å². The molecule has 2 aromatic rings. The Morgan fingerprint density at radius 2 is 1.89 bits per heavy atom. The van der Waals surface area contributed by atoms with Crippen molar-refractivity contribution < 1.29 is 18.7 Å². The highest BCUT2D eigenvalue weighted by atomic mass is 35.5. The predicted octanol–water partition coefficient (Wildman–Crippen LogP) is 5.43. The van der Waals surface area contributed by atoms with Crippen molar-refractivity contribution >= 4 is 34.5 Å². The number of ether oxygens (including phenoxy) is 2. The maximum Gasteiger partial charge on any atom is 0.410 e. The lowest BCUT2D eigenvalue weighted by atomic mass is 10.0. The minimum atomic E-state index is -0.818. The van der Waals surface area contributed by atoms with E-state index in [1.54, 1.807) is 39.5 Å². The Labute approximate surface area is 217 Å². The molecule has 0 aromatic carbocycles. The topological polar surface area (TPSA) is 111 Å². The lowest BCUT2D eigenvalue weighted by Crippen LogP contribution is -2.52. The molecule has 0 radical (unpaired) electrons. The first kappa shape index (κ1) is 29.6. The van der Waals surface area contributed by atoms with Crippen molar-refractivity contribution in [1.29, 1.82) is 0 Å². The molecule has 0 spiro atoms. The van der Waals surface area contributed by atoms with Crippen LogP contribution in [0.15, 0.2) is 11.4 Å². The van der Waals surface area contributed by atoms with E-state index in [1.165, 1.54) is 6.08 Å². The van der Waals surface area contributed by atoms with E-state index in [9.17, 15) is 14.0 Å². The highest BCUT2D eigenvalue weighted by Crippen LogP contribution is 2.32. The zero-order chi connectivity index (χ0) is 27.5. The van der Waals surface area contributed by atoms with Gasteiger partial charge in [-0.05, 0) is 65.5 Å². The maximum atomic E-state index is 14.9. The smallest absolute Gasteiger partial charge is 0.410 e. The summed E-state index contributed by atoms with van der Waals surface area (Å²) in [4.78, 5) is 34.0. The molecule has 1 amide bonds. The van der Waals surface area contributed by atoms with Gasteiger partial charge in [-0.3, -0.25) is 4.79 Å². The van der Waals surface area contributed by atoms with Gasteiger partial charge in [0.05, 0.1) is 6.04 Å². The predicted molar refractivity (Wildman–Crippen MR) is 142 cm³/mol. The number of hydrogen-bond acceptors (Lipinski definition) is 6. The summed E-state index contributed by atoms with van der Waals surface area (Å²) in [5.74, 6) is -0.609. The fraction of sp³-hybridized carbons (Fsp3) is 0.577. The average molecular weight is 525 g/mol. The first-order valence-corrected chi connectivity index (χ1v) is 12.4. The number of hydrogen-bond donors (Lipinski definition) is 2. The quantitative estimate of drug-likeness (QED) is 0.423. The van der Waals surface area contributed by atoms with Crippen molar-refractivity contribution in [3.05, 3.63) is 39.2 Å². The van der Waals surface area contributed by atoms with Crippen LogP contribution >= 0.6 is 11.6 Å². The van der Waals surface area contributed by atoms with E-state index in [-0.39, 0.29) is 29.2 Å². The van der Waals surface area contributed by atoms with Gasteiger partial charge in [0.2, 0.25) is 5.88 Å². The molecule has 0 aliphatic rings. The van der Waals surface area contributed by atoms with Gasteiger partial charge in [0.15, 0.2) is 11.0 Å². The Bertz CT molecular complexity index is 1180. The molecule has 0 aliphatic heterocycles. The molecule has 8 nitrogen and oxygen atoms in total. The summed E-state index contributed by atoms with van der Waals surface area (Å²) in [6.07, 6.45) is 0.987. The average Bonchev–Trinajstić information content (AvgIpc) is 2.74. The number of fused-ring (bicyclic) bond motifs is 1. The van der Waals surface area contributed by atoms with Gasteiger partial charge in [0.25, 0.3) is 5.56 Å². The fourth-order valence-corrected chi connectivity index (χ4v) is 4.15. The van der Waals surface area contributed by atoms with Gasteiger partial charge in [0, 0.05) is 23.7 Å². The van der Waals surface area contributed by atoms with Crippen LogP contribution in [0.1, 0.15) is 66.1 Å². The van der Waals surface area contributed by atoms with E-state index in [0.717, 1.165) is 6.42 Å². The van der Waals surface area contributed by atoms with Gasteiger partial charge in [-0.25, -0.2) is 9.18 Å². The molecule has 2 heterocycles.